The lowest BCUT2D eigenvalue weighted by Gasteiger charge is -2.33. The van der Waals surface area contributed by atoms with E-state index in [0.717, 1.165) is 11.8 Å². The molecule has 0 spiro atoms. The average molecular weight is 213 g/mol. The van der Waals surface area contributed by atoms with Crippen molar-refractivity contribution in [1.82, 2.24) is 5.32 Å². The summed E-state index contributed by atoms with van der Waals surface area (Å²) in [5, 5.41) is 12.1. The topological polar surface area (TPSA) is 49.3 Å². The molecule has 1 fully saturated rings. The molecule has 1 aliphatic carbocycles. The fraction of sp³-hybridized carbons (Fsp3) is 0.917. The van der Waals surface area contributed by atoms with Gasteiger partial charge in [-0.1, -0.05) is 20.8 Å². The summed E-state index contributed by atoms with van der Waals surface area (Å²) < 4.78 is 0. The summed E-state index contributed by atoms with van der Waals surface area (Å²) in [6, 6.07) is 0.526. The summed E-state index contributed by atoms with van der Waals surface area (Å²) in [5.74, 6) is 0.593. The van der Waals surface area contributed by atoms with Crippen molar-refractivity contribution in [1.29, 1.82) is 0 Å². The van der Waals surface area contributed by atoms with Gasteiger partial charge in [0.2, 0.25) is 0 Å². The molecule has 3 nitrogen and oxygen atoms in total. The number of carboxylic acids is 1. The molecule has 1 saturated carbocycles. The van der Waals surface area contributed by atoms with Gasteiger partial charge in [0.05, 0.1) is 5.92 Å². The molecule has 3 heteroatoms. The van der Waals surface area contributed by atoms with Crippen molar-refractivity contribution in [3.05, 3.63) is 0 Å². The van der Waals surface area contributed by atoms with Gasteiger partial charge in [-0.15, -0.1) is 0 Å². The summed E-state index contributed by atoms with van der Waals surface area (Å²) in [4.78, 5) is 10.6. The Kier molecular flexibility index (Phi) is 4.58. The molecule has 88 valence electrons. The molecular formula is C12H23NO2. The monoisotopic (exact) mass is 213 g/mol. The molecule has 0 aromatic rings. The van der Waals surface area contributed by atoms with Crippen LogP contribution in [0.4, 0.5) is 0 Å². The Morgan fingerprint density at radius 1 is 1.40 bits per heavy atom. The van der Waals surface area contributed by atoms with Crippen molar-refractivity contribution in [3.8, 4) is 0 Å². The number of aliphatic carboxylic acids is 1. The van der Waals surface area contributed by atoms with E-state index in [2.05, 4.69) is 19.2 Å². The first-order valence-corrected chi connectivity index (χ1v) is 5.97. The van der Waals surface area contributed by atoms with Crippen LogP contribution in [0, 0.1) is 17.8 Å². The molecule has 0 bridgehead atoms. The van der Waals surface area contributed by atoms with Crippen LogP contribution in [0.1, 0.15) is 40.0 Å². The van der Waals surface area contributed by atoms with E-state index in [0.29, 0.717) is 12.6 Å². The van der Waals surface area contributed by atoms with E-state index in [1.807, 2.05) is 0 Å². The maximum Gasteiger partial charge on any atom is 0.307 e. The van der Waals surface area contributed by atoms with Gasteiger partial charge in [-0.2, -0.15) is 0 Å². The zero-order valence-electron chi connectivity index (χ0n) is 9.99. The molecule has 0 radical (unpaired) electrons. The highest BCUT2D eigenvalue weighted by atomic mass is 16.4. The average Bonchev–Trinajstić information content (AvgIpc) is 2.19. The summed E-state index contributed by atoms with van der Waals surface area (Å²) in [7, 11) is 0. The Bertz CT molecular complexity index is 218. The van der Waals surface area contributed by atoms with Crippen LogP contribution < -0.4 is 5.32 Å². The SMILES string of the molecule is CC(CNC1CCC(C)C(C)C1)C(=O)O. The van der Waals surface area contributed by atoms with Gasteiger partial charge in [0.1, 0.15) is 0 Å². The van der Waals surface area contributed by atoms with E-state index >= 15 is 0 Å². The van der Waals surface area contributed by atoms with E-state index < -0.39 is 5.97 Å². The first-order valence-electron chi connectivity index (χ1n) is 5.97. The second-order valence-corrected chi connectivity index (χ2v) is 5.11. The number of carbonyl (C=O) groups is 1. The van der Waals surface area contributed by atoms with Gasteiger partial charge in [-0.3, -0.25) is 4.79 Å². The molecule has 4 atom stereocenters. The zero-order valence-corrected chi connectivity index (χ0v) is 9.99. The second-order valence-electron chi connectivity index (χ2n) is 5.11. The fourth-order valence-corrected chi connectivity index (χ4v) is 2.16. The van der Waals surface area contributed by atoms with E-state index in [1.165, 1.54) is 19.3 Å². The third-order valence-electron chi connectivity index (χ3n) is 3.73. The molecule has 1 aliphatic rings. The quantitative estimate of drug-likeness (QED) is 0.752. The van der Waals surface area contributed by atoms with Gasteiger partial charge in [-0.25, -0.2) is 0 Å². The van der Waals surface area contributed by atoms with Gasteiger partial charge in [0.25, 0.3) is 0 Å². The Labute approximate surface area is 92.3 Å². The fourth-order valence-electron chi connectivity index (χ4n) is 2.16. The van der Waals surface area contributed by atoms with Crippen LogP contribution in [0.25, 0.3) is 0 Å². The van der Waals surface area contributed by atoms with Crippen LogP contribution in [-0.4, -0.2) is 23.7 Å². The van der Waals surface area contributed by atoms with Crippen molar-refractivity contribution in [3.63, 3.8) is 0 Å². The highest BCUT2D eigenvalue weighted by Gasteiger charge is 2.24. The largest absolute Gasteiger partial charge is 0.481 e. The number of nitrogens with one attached hydrogen (secondary N) is 1. The van der Waals surface area contributed by atoms with Crippen molar-refractivity contribution in [2.45, 2.75) is 46.1 Å². The van der Waals surface area contributed by atoms with Crippen LogP contribution >= 0.6 is 0 Å². The lowest BCUT2D eigenvalue weighted by Crippen LogP contribution is -2.39. The maximum atomic E-state index is 10.6. The molecule has 1 rings (SSSR count). The Hall–Kier alpha value is -0.570. The van der Waals surface area contributed by atoms with E-state index in [9.17, 15) is 4.79 Å². The lowest BCUT2D eigenvalue weighted by atomic mass is 9.79. The maximum absolute atomic E-state index is 10.6. The minimum absolute atomic E-state index is 0.278. The molecule has 0 amide bonds. The summed E-state index contributed by atoms with van der Waals surface area (Å²) in [6.07, 6.45) is 3.64. The highest BCUT2D eigenvalue weighted by Crippen LogP contribution is 2.29. The molecule has 0 aliphatic heterocycles. The molecule has 15 heavy (non-hydrogen) atoms. The van der Waals surface area contributed by atoms with Crippen molar-refractivity contribution < 1.29 is 9.90 Å². The standard InChI is InChI=1S/C12H23NO2/c1-8-4-5-11(6-9(8)2)13-7-10(3)12(14)15/h8-11,13H,4-7H2,1-3H3,(H,14,15). The third kappa shape index (κ3) is 3.82. The predicted octanol–water partition coefficient (Wildman–Crippen LogP) is 2.12. The lowest BCUT2D eigenvalue weighted by molar-refractivity contribution is -0.141. The Balaban J connectivity index is 2.25. The molecular weight excluding hydrogens is 190 g/mol. The summed E-state index contributed by atoms with van der Waals surface area (Å²) in [5.41, 5.74) is 0. The zero-order chi connectivity index (χ0) is 11.4. The first-order chi connectivity index (χ1) is 7.00. The Morgan fingerprint density at radius 3 is 2.60 bits per heavy atom. The van der Waals surface area contributed by atoms with E-state index in [-0.39, 0.29) is 5.92 Å². The van der Waals surface area contributed by atoms with E-state index in [1.54, 1.807) is 6.92 Å². The molecule has 4 unspecified atom stereocenters. The summed E-state index contributed by atoms with van der Waals surface area (Å²) in [6.45, 7) is 6.95. The summed E-state index contributed by atoms with van der Waals surface area (Å²) >= 11 is 0. The smallest absolute Gasteiger partial charge is 0.307 e. The van der Waals surface area contributed by atoms with Crippen molar-refractivity contribution >= 4 is 5.97 Å². The number of rotatable bonds is 4. The second kappa shape index (κ2) is 5.50. The van der Waals surface area contributed by atoms with E-state index in [4.69, 9.17) is 5.11 Å². The number of hydrogen-bond acceptors (Lipinski definition) is 2. The van der Waals surface area contributed by atoms with Crippen LogP contribution in [0.2, 0.25) is 0 Å². The highest BCUT2D eigenvalue weighted by molar-refractivity contribution is 5.69. The number of hydrogen-bond donors (Lipinski definition) is 2. The molecule has 2 N–H and O–H groups in total. The van der Waals surface area contributed by atoms with Gasteiger partial charge in [0.15, 0.2) is 0 Å². The first kappa shape index (κ1) is 12.5. The molecule has 0 aromatic carbocycles. The van der Waals surface area contributed by atoms with Crippen LogP contribution in [-0.2, 0) is 4.79 Å². The van der Waals surface area contributed by atoms with Gasteiger partial charge >= 0.3 is 5.97 Å². The minimum Gasteiger partial charge on any atom is -0.481 e. The molecule has 0 heterocycles. The van der Waals surface area contributed by atoms with Crippen LogP contribution in [0.15, 0.2) is 0 Å². The van der Waals surface area contributed by atoms with Crippen LogP contribution in [0.5, 0.6) is 0 Å². The van der Waals surface area contributed by atoms with Gasteiger partial charge < -0.3 is 10.4 Å². The van der Waals surface area contributed by atoms with Gasteiger partial charge in [0, 0.05) is 12.6 Å². The number of carboxylic acid groups (broad SMARTS) is 1. The molecule has 0 saturated heterocycles. The Morgan fingerprint density at radius 2 is 2.07 bits per heavy atom. The van der Waals surface area contributed by atoms with Crippen molar-refractivity contribution in [2.75, 3.05) is 6.54 Å². The van der Waals surface area contributed by atoms with Crippen LogP contribution in [0.3, 0.4) is 0 Å². The third-order valence-corrected chi connectivity index (χ3v) is 3.73. The minimum atomic E-state index is -0.709. The predicted molar refractivity (Wildman–Crippen MR) is 60.8 cm³/mol. The van der Waals surface area contributed by atoms with Gasteiger partial charge in [-0.05, 0) is 31.1 Å². The molecule has 0 aromatic heterocycles. The van der Waals surface area contributed by atoms with Crippen molar-refractivity contribution in [2.24, 2.45) is 17.8 Å². The normalized spacial score (nSPS) is 33.7.